The molecule has 0 radical (unpaired) electrons. The van der Waals surface area contributed by atoms with Gasteiger partial charge in [0.1, 0.15) is 0 Å². The summed E-state index contributed by atoms with van der Waals surface area (Å²) in [6, 6.07) is 13.8. The lowest BCUT2D eigenvalue weighted by Crippen LogP contribution is -2.33. The van der Waals surface area contributed by atoms with Crippen LogP contribution in [0.25, 0.3) is 5.69 Å². The van der Waals surface area contributed by atoms with Crippen molar-refractivity contribution >= 4 is 11.7 Å². The van der Waals surface area contributed by atoms with Gasteiger partial charge in [-0.25, -0.2) is 9.07 Å². The Bertz CT molecular complexity index is 1060. The highest BCUT2D eigenvalue weighted by Crippen LogP contribution is 2.21. The van der Waals surface area contributed by atoms with Crippen molar-refractivity contribution in [2.75, 3.05) is 14.2 Å². The van der Waals surface area contributed by atoms with Crippen LogP contribution in [0.1, 0.15) is 27.3 Å². The molecule has 0 aliphatic heterocycles. The van der Waals surface area contributed by atoms with Gasteiger partial charge in [-0.2, -0.15) is 5.10 Å². The molecule has 0 aliphatic carbocycles. The molecule has 0 spiro atoms. The van der Waals surface area contributed by atoms with Crippen molar-refractivity contribution in [1.82, 2.24) is 14.7 Å². The van der Waals surface area contributed by atoms with Crippen molar-refractivity contribution in [3.8, 4) is 11.4 Å². The molecule has 3 rings (SSSR count). The molecule has 1 aromatic heterocycles. The summed E-state index contributed by atoms with van der Waals surface area (Å²) in [5.41, 5.74) is 2.72. The second-order valence-corrected chi connectivity index (χ2v) is 6.75. The third-order valence-corrected chi connectivity index (χ3v) is 4.70. The number of halogens is 1. The highest BCUT2D eigenvalue weighted by molar-refractivity contribution is 6.43. The number of hydrogen-bond donors (Lipinski definition) is 0. The molecular weight excluding hydrogens is 373 g/mol. The van der Waals surface area contributed by atoms with Crippen molar-refractivity contribution in [3.63, 3.8) is 0 Å². The maximum atomic E-state index is 13.9. The van der Waals surface area contributed by atoms with Gasteiger partial charge in [0.25, 0.3) is 11.7 Å². The van der Waals surface area contributed by atoms with Gasteiger partial charge in [0, 0.05) is 13.6 Å². The first-order chi connectivity index (χ1) is 13.8. The van der Waals surface area contributed by atoms with Crippen molar-refractivity contribution in [1.29, 1.82) is 0 Å². The molecule has 29 heavy (non-hydrogen) atoms. The van der Waals surface area contributed by atoms with Crippen LogP contribution in [0.2, 0.25) is 0 Å². The first-order valence-corrected chi connectivity index (χ1v) is 9.07. The molecule has 0 unspecified atom stereocenters. The van der Waals surface area contributed by atoms with Crippen LogP contribution in [0.15, 0.2) is 48.5 Å². The molecule has 3 aromatic rings. The highest BCUT2D eigenvalue weighted by Gasteiger charge is 2.27. The summed E-state index contributed by atoms with van der Waals surface area (Å²) in [4.78, 5) is 26.9. The van der Waals surface area contributed by atoms with Crippen LogP contribution in [0.3, 0.4) is 0 Å². The van der Waals surface area contributed by atoms with Crippen molar-refractivity contribution in [3.05, 3.63) is 76.9 Å². The van der Waals surface area contributed by atoms with Gasteiger partial charge < -0.3 is 9.64 Å². The third kappa shape index (κ3) is 4.03. The summed E-state index contributed by atoms with van der Waals surface area (Å²) in [7, 11) is 2.89. The number of carbonyl (C=O) groups excluding carboxylic acids is 2. The topological polar surface area (TPSA) is 64.4 Å². The Labute approximate surface area is 168 Å². The third-order valence-electron chi connectivity index (χ3n) is 4.70. The zero-order chi connectivity index (χ0) is 21.1. The number of Topliss-reactive ketones (excluding diaryl/α,β-unsaturated/α-hetero) is 1. The molecule has 0 aliphatic rings. The molecule has 0 bridgehead atoms. The van der Waals surface area contributed by atoms with Crippen LogP contribution in [0.4, 0.5) is 4.39 Å². The fourth-order valence-electron chi connectivity index (χ4n) is 3.23. The van der Waals surface area contributed by atoms with Gasteiger partial charge in [0.15, 0.2) is 11.6 Å². The number of likely N-dealkylation sites (N-methyl/N-ethyl adjacent to an activating group) is 1. The Morgan fingerprint density at radius 3 is 2.45 bits per heavy atom. The minimum Gasteiger partial charge on any atom is -0.494 e. The summed E-state index contributed by atoms with van der Waals surface area (Å²) in [5, 5.41) is 4.42. The normalized spacial score (nSPS) is 10.7. The average molecular weight is 395 g/mol. The summed E-state index contributed by atoms with van der Waals surface area (Å²) in [5.74, 6) is -1.72. The first kappa shape index (κ1) is 20.3. The van der Waals surface area contributed by atoms with Gasteiger partial charge >= 0.3 is 0 Å². The minimum absolute atomic E-state index is 0.0937. The largest absolute Gasteiger partial charge is 0.494 e. The summed E-state index contributed by atoms with van der Waals surface area (Å²) < 4.78 is 20.4. The SMILES string of the molecule is COc1ccc(CN(C)C(=O)C(=O)c2c(C)nn(-c3ccccc3)c2C)cc1F. The van der Waals surface area contributed by atoms with E-state index in [0.29, 0.717) is 17.0 Å². The smallest absolute Gasteiger partial charge is 0.295 e. The fraction of sp³-hybridized carbons (Fsp3) is 0.227. The summed E-state index contributed by atoms with van der Waals surface area (Å²) in [6.45, 7) is 3.55. The molecular formula is C22H22FN3O3. The highest BCUT2D eigenvalue weighted by atomic mass is 19.1. The Hall–Kier alpha value is -3.48. The Morgan fingerprint density at radius 1 is 1.14 bits per heavy atom. The van der Waals surface area contributed by atoms with Crippen LogP contribution in [-0.4, -0.2) is 40.5 Å². The van der Waals surface area contributed by atoms with E-state index < -0.39 is 17.5 Å². The summed E-state index contributed by atoms with van der Waals surface area (Å²) >= 11 is 0. The lowest BCUT2D eigenvalue weighted by molar-refractivity contribution is -0.125. The molecule has 150 valence electrons. The van der Waals surface area contributed by atoms with E-state index in [1.807, 2.05) is 30.3 Å². The zero-order valence-electron chi connectivity index (χ0n) is 16.8. The van der Waals surface area contributed by atoms with Crippen molar-refractivity contribution < 1.29 is 18.7 Å². The first-order valence-electron chi connectivity index (χ1n) is 9.07. The van der Waals surface area contributed by atoms with Crippen LogP contribution in [0.5, 0.6) is 5.75 Å². The monoisotopic (exact) mass is 395 g/mol. The fourth-order valence-corrected chi connectivity index (χ4v) is 3.23. The molecule has 0 fully saturated rings. The molecule has 7 heteroatoms. The van der Waals surface area contributed by atoms with Gasteiger partial charge in [-0.1, -0.05) is 24.3 Å². The lowest BCUT2D eigenvalue weighted by atomic mass is 10.1. The predicted molar refractivity (Wildman–Crippen MR) is 107 cm³/mol. The van der Waals surface area contributed by atoms with E-state index in [0.717, 1.165) is 5.69 Å². The number of aromatic nitrogens is 2. The second-order valence-electron chi connectivity index (χ2n) is 6.75. The van der Waals surface area contributed by atoms with Crippen molar-refractivity contribution in [2.45, 2.75) is 20.4 Å². The number of rotatable bonds is 6. The van der Waals surface area contributed by atoms with Gasteiger partial charge in [0.2, 0.25) is 0 Å². The van der Waals surface area contributed by atoms with E-state index in [2.05, 4.69) is 5.10 Å². The number of amides is 1. The maximum Gasteiger partial charge on any atom is 0.295 e. The van der Waals surface area contributed by atoms with Gasteiger partial charge in [-0.3, -0.25) is 9.59 Å². The number of methoxy groups -OCH3 is 1. The Balaban J connectivity index is 1.82. The molecule has 1 amide bonds. The van der Waals surface area contributed by atoms with E-state index in [-0.39, 0.29) is 17.9 Å². The van der Waals surface area contributed by atoms with E-state index in [1.54, 1.807) is 24.6 Å². The molecule has 0 N–H and O–H groups in total. The number of aryl methyl sites for hydroxylation is 1. The quantitative estimate of drug-likeness (QED) is 0.474. The molecule has 0 saturated heterocycles. The molecule has 1 heterocycles. The van der Waals surface area contributed by atoms with Gasteiger partial charge in [0.05, 0.1) is 29.7 Å². The van der Waals surface area contributed by atoms with Crippen LogP contribution in [0, 0.1) is 19.7 Å². The van der Waals surface area contributed by atoms with E-state index in [1.165, 1.54) is 31.2 Å². The number of benzene rings is 2. The summed E-state index contributed by atoms with van der Waals surface area (Å²) in [6.07, 6.45) is 0. The van der Waals surface area contributed by atoms with Crippen LogP contribution < -0.4 is 4.74 Å². The molecule has 0 saturated carbocycles. The predicted octanol–water partition coefficient (Wildman–Crippen LogP) is 3.48. The molecule has 0 atom stereocenters. The number of ketones is 1. The number of para-hydroxylation sites is 1. The van der Waals surface area contributed by atoms with Crippen LogP contribution >= 0.6 is 0 Å². The molecule has 6 nitrogen and oxygen atoms in total. The minimum atomic E-state index is -0.681. The standard InChI is InChI=1S/C22H22FN3O3/c1-14-20(15(2)26(24-14)17-8-6-5-7-9-17)21(27)22(28)25(3)13-16-10-11-19(29-4)18(23)12-16/h5-12H,13H2,1-4H3. The number of nitrogens with zero attached hydrogens (tertiary/aromatic N) is 3. The average Bonchev–Trinajstić information content (AvgIpc) is 3.01. The van der Waals surface area contributed by atoms with E-state index in [9.17, 15) is 14.0 Å². The number of hydrogen-bond acceptors (Lipinski definition) is 4. The lowest BCUT2D eigenvalue weighted by Gasteiger charge is -2.17. The van der Waals surface area contributed by atoms with E-state index >= 15 is 0 Å². The second kappa shape index (κ2) is 8.26. The van der Waals surface area contributed by atoms with Gasteiger partial charge in [-0.05, 0) is 43.7 Å². The maximum absolute atomic E-state index is 13.9. The molecule has 2 aromatic carbocycles. The van der Waals surface area contributed by atoms with Crippen molar-refractivity contribution in [2.24, 2.45) is 0 Å². The Morgan fingerprint density at radius 2 is 1.83 bits per heavy atom. The van der Waals surface area contributed by atoms with E-state index in [4.69, 9.17) is 4.74 Å². The number of ether oxygens (including phenoxy) is 1. The Kier molecular flexibility index (Phi) is 5.77. The van der Waals surface area contributed by atoms with Crippen LogP contribution in [-0.2, 0) is 11.3 Å². The van der Waals surface area contributed by atoms with Gasteiger partial charge in [-0.15, -0.1) is 0 Å². The zero-order valence-corrected chi connectivity index (χ0v) is 16.8. The number of carbonyl (C=O) groups is 2.